The smallest absolute Gasteiger partial charge is 0.395 e. The highest BCUT2D eigenvalue weighted by atomic mass is 19.4. The molecule has 0 rings (SSSR count). The third-order valence-electron chi connectivity index (χ3n) is 1.91. The summed E-state index contributed by atoms with van der Waals surface area (Å²) in [6.45, 7) is -1.20. The number of alkyl halides is 5. The number of hydrogen-bond acceptors (Lipinski definition) is 1. The van der Waals surface area contributed by atoms with E-state index < -0.39 is 24.1 Å². The van der Waals surface area contributed by atoms with Gasteiger partial charge in [-0.2, -0.15) is 13.2 Å². The normalized spacial score (nSPS) is 19.0. The van der Waals surface area contributed by atoms with Crippen molar-refractivity contribution in [2.45, 2.75) is 25.9 Å². The van der Waals surface area contributed by atoms with E-state index in [1.807, 2.05) is 0 Å². The van der Waals surface area contributed by atoms with Crippen molar-refractivity contribution in [2.24, 2.45) is 5.41 Å². The van der Waals surface area contributed by atoms with Gasteiger partial charge >= 0.3 is 6.18 Å². The van der Waals surface area contributed by atoms with Crippen molar-refractivity contribution in [1.82, 2.24) is 0 Å². The van der Waals surface area contributed by atoms with E-state index in [0.717, 1.165) is 0 Å². The lowest BCUT2D eigenvalue weighted by Crippen LogP contribution is -2.51. The average Bonchev–Trinajstić information content (AvgIpc) is 1.81. The van der Waals surface area contributed by atoms with Crippen LogP contribution in [-0.2, 0) is 0 Å². The third-order valence-corrected chi connectivity index (χ3v) is 1.91. The van der Waals surface area contributed by atoms with Crippen LogP contribution < -0.4 is 0 Å². The number of rotatable bonds is 2. The molecule has 1 nitrogen and oxygen atoms in total. The van der Waals surface area contributed by atoms with Crippen LogP contribution in [0.1, 0.15) is 13.8 Å². The minimum atomic E-state index is -5.11. The summed E-state index contributed by atoms with van der Waals surface area (Å²) in [6, 6.07) is 0. The van der Waals surface area contributed by atoms with Gasteiger partial charge in [-0.1, -0.05) is 0 Å². The van der Waals surface area contributed by atoms with Crippen molar-refractivity contribution in [2.75, 3.05) is 6.61 Å². The van der Waals surface area contributed by atoms with Gasteiger partial charge in [0, 0.05) is 6.92 Å². The Morgan fingerprint density at radius 1 is 1.00 bits per heavy atom. The molecule has 0 radical (unpaired) electrons. The molecule has 0 bridgehead atoms. The summed E-state index contributed by atoms with van der Waals surface area (Å²) in [5, 5.41) is 8.26. The Morgan fingerprint density at radius 2 is 1.33 bits per heavy atom. The summed E-state index contributed by atoms with van der Waals surface area (Å²) in [4.78, 5) is 0. The molecule has 0 aromatic carbocycles. The SMILES string of the molecule is CC(F)(F)C(C)(CO)C(F)(F)F. The Labute approximate surface area is 66.2 Å². The zero-order valence-corrected chi connectivity index (χ0v) is 6.54. The molecule has 1 N–H and O–H groups in total. The van der Waals surface area contributed by atoms with Gasteiger partial charge in [0.2, 0.25) is 0 Å². The Morgan fingerprint density at radius 3 is 1.33 bits per heavy atom. The highest BCUT2D eigenvalue weighted by Gasteiger charge is 2.63. The molecular formula is C6H9F5O. The molecule has 0 aliphatic carbocycles. The zero-order chi connectivity index (χ0) is 10.2. The Bertz CT molecular complexity index is 142. The fourth-order valence-corrected chi connectivity index (χ4v) is 0.477. The van der Waals surface area contributed by atoms with Crippen molar-refractivity contribution in [3.8, 4) is 0 Å². The number of aliphatic hydroxyl groups excluding tert-OH is 1. The molecule has 0 aliphatic heterocycles. The van der Waals surface area contributed by atoms with E-state index in [1.165, 1.54) is 0 Å². The van der Waals surface area contributed by atoms with Gasteiger partial charge in [-0.15, -0.1) is 0 Å². The minimum Gasteiger partial charge on any atom is -0.395 e. The van der Waals surface area contributed by atoms with Gasteiger partial charge in [-0.3, -0.25) is 0 Å². The van der Waals surface area contributed by atoms with Crippen molar-refractivity contribution in [1.29, 1.82) is 0 Å². The summed E-state index contributed by atoms with van der Waals surface area (Å²) < 4.78 is 60.7. The minimum absolute atomic E-state index is 0.136. The summed E-state index contributed by atoms with van der Waals surface area (Å²) in [5.74, 6) is -3.99. The number of aliphatic hydroxyl groups is 1. The molecule has 1 atom stereocenters. The number of hydrogen-bond donors (Lipinski definition) is 1. The van der Waals surface area contributed by atoms with E-state index in [-0.39, 0.29) is 13.8 Å². The van der Waals surface area contributed by atoms with Crippen LogP contribution in [0.2, 0.25) is 0 Å². The van der Waals surface area contributed by atoms with Crippen LogP contribution in [0, 0.1) is 5.41 Å². The molecule has 0 amide bonds. The predicted octanol–water partition coefficient (Wildman–Crippen LogP) is 2.20. The average molecular weight is 192 g/mol. The second kappa shape index (κ2) is 2.83. The standard InChI is InChI=1S/C6H9F5O/c1-4(3-12,5(2,7)8)6(9,10)11/h12H,3H2,1-2H3. The van der Waals surface area contributed by atoms with Crippen LogP contribution in [0.4, 0.5) is 22.0 Å². The molecule has 0 spiro atoms. The maximum Gasteiger partial charge on any atom is 0.402 e. The van der Waals surface area contributed by atoms with Crippen LogP contribution in [0.25, 0.3) is 0 Å². The van der Waals surface area contributed by atoms with Gasteiger partial charge in [0.25, 0.3) is 5.92 Å². The first-order valence-corrected chi connectivity index (χ1v) is 3.11. The molecule has 0 heterocycles. The molecule has 6 heteroatoms. The second-order valence-electron chi connectivity index (χ2n) is 2.88. The van der Waals surface area contributed by atoms with Gasteiger partial charge in [0.05, 0.1) is 6.61 Å². The van der Waals surface area contributed by atoms with E-state index >= 15 is 0 Å². The highest BCUT2D eigenvalue weighted by molar-refractivity contribution is 4.91. The molecule has 12 heavy (non-hydrogen) atoms. The lowest BCUT2D eigenvalue weighted by molar-refractivity contribution is -0.297. The van der Waals surface area contributed by atoms with Crippen LogP contribution in [-0.4, -0.2) is 23.8 Å². The summed E-state index contributed by atoms with van der Waals surface area (Å²) in [5.41, 5.74) is -3.36. The summed E-state index contributed by atoms with van der Waals surface area (Å²) in [6.07, 6.45) is -5.11. The summed E-state index contributed by atoms with van der Waals surface area (Å²) in [7, 11) is 0. The Balaban J connectivity index is 4.95. The second-order valence-corrected chi connectivity index (χ2v) is 2.88. The maximum absolute atomic E-state index is 12.4. The highest BCUT2D eigenvalue weighted by Crippen LogP contribution is 2.48. The van der Waals surface area contributed by atoms with E-state index in [1.54, 1.807) is 0 Å². The van der Waals surface area contributed by atoms with Crippen LogP contribution in [0.3, 0.4) is 0 Å². The molecule has 1 unspecified atom stereocenters. The van der Waals surface area contributed by atoms with Gasteiger partial charge in [0.1, 0.15) is 5.41 Å². The lowest BCUT2D eigenvalue weighted by Gasteiger charge is -2.34. The van der Waals surface area contributed by atoms with Gasteiger partial charge < -0.3 is 5.11 Å². The Hall–Kier alpha value is -0.390. The molecule has 0 saturated carbocycles. The van der Waals surface area contributed by atoms with Crippen LogP contribution in [0.5, 0.6) is 0 Å². The van der Waals surface area contributed by atoms with Crippen molar-refractivity contribution in [3.63, 3.8) is 0 Å². The first-order valence-electron chi connectivity index (χ1n) is 3.11. The molecular weight excluding hydrogens is 183 g/mol. The molecule has 74 valence electrons. The van der Waals surface area contributed by atoms with E-state index in [2.05, 4.69) is 0 Å². The molecule has 0 saturated heterocycles. The maximum atomic E-state index is 12.4. The molecule has 0 fully saturated rings. The fourth-order valence-electron chi connectivity index (χ4n) is 0.477. The third kappa shape index (κ3) is 1.68. The number of halogens is 5. The van der Waals surface area contributed by atoms with E-state index in [4.69, 9.17) is 5.11 Å². The zero-order valence-electron chi connectivity index (χ0n) is 6.54. The largest absolute Gasteiger partial charge is 0.402 e. The molecule has 0 aromatic rings. The fraction of sp³-hybridized carbons (Fsp3) is 1.00. The topological polar surface area (TPSA) is 20.2 Å². The molecule has 0 aliphatic rings. The quantitative estimate of drug-likeness (QED) is 0.665. The first-order chi connectivity index (χ1) is 5.06. The summed E-state index contributed by atoms with van der Waals surface area (Å²) >= 11 is 0. The van der Waals surface area contributed by atoms with Gasteiger partial charge in [-0.25, -0.2) is 8.78 Å². The predicted molar refractivity (Wildman–Crippen MR) is 31.9 cm³/mol. The van der Waals surface area contributed by atoms with Crippen molar-refractivity contribution in [3.05, 3.63) is 0 Å². The van der Waals surface area contributed by atoms with Crippen molar-refractivity contribution >= 4 is 0 Å². The lowest BCUT2D eigenvalue weighted by atomic mass is 9.84. The molecule has 0 aromatic heterocycles. The van der Waals surface area contributed by atoms with Crippen LogP contribution >= 0.6 is 0 Å². The monoisotopic (exact) mass is 192 g/mol. The Kier molecular flexibility index (Phi) is 2.74. The van der Waals surface area contributed by atoms with Crippen LogP contribution in [0.15, 0.2) is 0 Å². The first kappa shape index (κ1) is 11.6. The van der Waals surface area contributed by atoms with Crippen molar-refractivity contribution < 1.29 is 27.1 Å². The van der Waals surface area contributed by atoms with E-state index in [9.17, 15) is 22.0 Å². The van der Waals surface area contributed by atoms with Gasteiger partial charge in [-0.05, 0) is 6.92 Å². The van der Waals surface area contributed by atoms with Gasteiger partial charge in [0.15, 0.2) is 0 Å². The van der Waals surface area contributed by atoms with E-state index in [0.29, 0.717) is 0 Å².